The molecule has 0 unspecified atom stereocenters. The predicted molar refractivity (Wildman–Crippen MR) is 112 cm³/mol. The van der Waals surface area contributed by atoms with Crippen molar-refractivity contribution in [2.24, 2.45) is 0 Å². The fourth-order valence-corrected chi connectivity index (χ4v) is 4.07. The second-order valence-electron chi connectivity index (χ2n) is 6.67. The van der Waals surface area contributed by atoms with Crippen LogP contribution in [0, 0.1) is 0 Å². The summed E-state index contributed by atoms with van der Waals surface area (Å²) in [6, 6.07) is 23.0. The van der Waals surface area contributed by atoms with Crippen molar-refractivity contribution in [3.05, 3.63) is 84.4 Å². The van der Waals surface area contributed by atoms with Gasteiger partial charge in [-0.15, -0.1) is 0 Å². The molecule has 0 saturated carbocycles. The third kappa shape index (κ3) is 4.65. The summed E-state index contributed by atoms with van der Waals surface area (Å²) in [5.74, 6) is -0.302. The number of hydrogen-bond donors (Lipinski definition) is 2. The van der Waals surface area contributed by atoms with Gasteiger partial charge >= 0.3 is 0 Å². The molecule has 0 saturated heterocycles. The van der Waals surface area contributed by atoms with Gasteiger partial charge in [0.05, 0.1) is 4.90 Å². The molecule has 5 nitrogen and oxygen atoms in total. The van der Waals surface area contributed by atoms with Gasteiger partial charge in [-0.05, 0) is 49.7 Å². The molecule has 3 aromatic rings. The van der Waals surface area contributed by atoms with Gasteiger partial charge in [0.25, 0.3) is 5.91 Å². The van der Waals surface area contributed by atoms with Crippen molar-refractivity contribution >= 4 is 21.6 Å². The Kier molecular flexibility index (Phi) is 5.92. The number of sulfonamides is 1. The molecule has 0 bridgehead atoms. The van der Waals surface area contributed by atoms with E-state index in [2.05, 4.69) is 10.0 Å². The minimum Gasteiger partial charge on any atom is -0.321 e. The molecule has 0 aliphatic heterocycles. The maximum absolute atomic E-state index is 12.7. The molecule has 0 aliphatic carbocycles. The van der Waals surface area contributed by atoms with Crippen LogP contribution in [-0.2, 0) is 10.0 Å². The summed E-state index contributed by atoms with van der Waals surface area (Å²) >= 11 is 0. The van der Waals surface area contributed by atoms with Crippen LogP contribution in [0.15, 0.2) is 83.8 Å². The highest BCUT2D eigenvalue weighted by Crippen LogP contribution is 2.28. The summed E-state index contributed by atoms with van der Waals surface area (Å²) in [6.45, 7) is 3.51. The number of para-hydroxylation sites is 1. The summed E-state index contributed by atoms with van der Waals surface area (Å²) in [6.07, 6.45) is 0. The Morgan fingerprint density at radius 3 is 2.07 bits per heavy atom. The van der Waals surface area contributed by atoms with Gasteiger partial charge in [-0.2, -0.15) is 0 Å². The molecular formula is C22H22N2O3S. The minimum atomic E-state index is -3.59. The van der Waals surface area contributed by atoms with E-state index < -0.39 is 10.0 Å². The Bertz CT molecular complexity index is 1060. The summed E-state index contributed by atoms with van der Waals surface area (Å²) in [5.41, 5.74) is 2.99. The minimum absolute atomic E-state index is 0.127. The van der Waals surface area contributed by atoms with Crippen LogP contribution in [0.5, 0.6) is 0 Å². The molecule has 3 aromatic carbocycles. The summed E-state index contributed by atoms with van der Waals surface area (Å²) in [4.78, 5) is 12.8. The highest BCUT2D eigenvalue weighted by Gasteiger charge is 2.16. The van der Waals surface area contributed by atoms with E-state index in [9.17, 15) is 13.2 Å². The Labute approximate surface area is 165 Å². The lowest BCUT2D eigenvalue weighted by atomic mass is 10.0. The van der Waals surface area contributed by atoms with Crippen LogP contribution in [0.1, 0.15) is 24.2 Å². The molecule has 0 spiro atoms. The fraction of sp³-hybridized carbons (Fsp3) is 0.136. The quantitative estimate of drug-likeness (QED) is 0.655. The first-order chi connectivity index (χ1) is 13.4. The zero-order valence-corrected chi connectivity index (χ0v) is 16.5. The number of hydrogen-bond acceptors (Lipinski definition) is 3. The number of amides is 1. The van der Waals surface area contributed by atoms with Crippen LogP contribution in [0.2, 0.25) is 0 Å². The largest absolute Gasteiger partial charge is 0.321 e. The van der Waals surface area contributed by atoms with Gasteiger partial charge in [-0.25, -0.2) is 13.1 Å². The van der Waals surface area contributed by atoms with E-state index in [1.165, 1.54) is 24.3 Å². The number of carbonyl (C=O) groups is 1. The molecule has 3 rings (SSSR count). The van der Waals surface area contributed by atoms with E-state index in [1.54, 1.807) is 13.8 Å². The van der Waals surface area contributed by atoms with Crippen LogP contribution < -0.4 is 10.0 Å². The Morgan fingerprint density at radius 1 is 0.821 bits per heavy atom. The molecule has 6 heteroatoms. The molecule has 0 radical (unpaired) electrons. The van der Waals surface area contributed by atoms with E-state index in [-0.39, 0.29) is 16.8 Å². The van der Waals surface area contributed by atoms with Crippen LogP contribution in [0.3, 0.4) is 0 Å². The molecule has 0 atom stereocenters. The third-order valence-corrected chi connectivity index (χ3v) is 5.75. The van der Waals surface area contributed by atoms with Crippen LogP contribution in [0.4, 0.5) is 5.69 Å². The van der Waals surface area contributed by atoms with Gasteiger partial charge in [0.2, 0.25) is 10.0 Å². The van der Waals surface area contributed by atoms with Crippen LogP contribution in [0.25, 0.3) is 11.1 Å². The molecule has 2 N–H and O–H groups in total. The maximum Gasteiger partial charge on any atom is 0.255 e. The van der Waals surface area contributed by atoms with Crippen LogP contribution in [-0.4, -0.2) is 20.4 Å². The lowest BCUT2D eigenvalue weighted by Gasteiger charge is -2.12. The number of nitrogens with one attached hydrogen (secondary N) is 2. The van der Waals surface area contributed by atoms with Gasteiger partial charge in [-0.1, -0.05) is 48.5 Å². The van der Waals surface area contributed by atoms with Crippen molar-refractivity contribution < 1.29 is 13.2 Å². The number of anilines is 1. The van der Waals surface area contributed by atoms with E-state index in [4.69, 9.17) is 0 Å². The van der Waals surface area contributed by atoms with Crippen LogP contribution >= 0.6 is 0 Å². The lowest BCUT2D eigenvalue weighted by Crippen LogP contribution is -2.30. The van der Waals surface area contributed by atoms with Crippen molar-refractivity contribution in [1.82, 2.24) is 4.72 Å². The molecule has 144 valence electrons. The maximum atomic E-state index is 12.7. The second-order valence-corrected chi connectivity index (χ2v) is 8.38. The Hall–Kier alpha value is -2.96. The normalized spacial score (nSPS) is 11.4. The molecule has 0 aromatic heterocycles. The Balaban J connectivity index is 1.82. The standard InChI is InChI=1S/C22H22N2O3S/c1-16(2)24-28(26,27)19-14-12-18(13-15-19)22(25)23-21-11-7-6-10-20(21)17-8-4-3-5-9-17/h3-16,24H,1-2H3,(H,23,25). The first-order valence-corrected chi connectivity index (χ1v) is 10.4. The summed E-state index contributed by atoms with van der Waals surface area (Å²) < 4.78 is 26.9. The zero-order chi connectivity index (χ0) is 20.1. The molecule has 1 amide bonds. The van der Waals surface area contributed by atoms with E-state index in [0.29, 0.717) is 11.3 Å². The van der Waals surface area contributed by atoms with Gasteiger partial charge in [0, 0.05) is 22.9 Å². The highest BCUT2D eigenvalue weighted by atomic mass is 32.2. The fourth-order valence-electron chi connectivity index (χ4n) is 2.82. The predicted octanol–water partition coefficient (Wildman–Crippen LogP) is 4.29. The molecule has 0 heterocycles. The summed E-state index contributed by atoms with van der Waals surface area (Å²) in [5, 5.41) is 2.91. The number of benzene rings is 3. The Morgan fingerprint density at radius 2 is 1.43 bits per heavy atom. The SMILES string of the molecule is CC(C)NS(=O)(=O)c1ccc(C(=O)Nc2ccccc2-c2ccccc2)cc1. The van der Waals surface area contributed by atoms with Crippen molar-refractivity contribution in [3.8, 4) is 11.1 Å². The summed E-state index contributed by atoms with van der Waals surface area (Å²) in [7, 11) is -3.59. The van der Waals surface area contributed by atoms with Gasteiger partial charge < -0.3 is 5.32 Å². The van der Waals surface area contributed by atoms with Crippen molar-refractivity contribution in [1.29, 1.82) is 0 Å². The van der Waals surface area contributed by atoms with Gasteiger partial charge in [0.15, 0.2) is 0 Å². The highest BCUT2D eigenvalue weighted by molar-refractivity contribution is 7.89. The van der Waals surface area contributed by atoms with Crippen molar-refractivity contribution in [3.63, 3.8) is 0 Å². The third-order valence-electron chi connectivity index (χ3n) is 4.08. The van der Waals surface area contributed by atoms with Crippen molar-refractivity contribution in [2.75, 3.05) is 5.32 Å². The first-order valence-electron chi connectivity index (χ1n) is 8.95. The average Bonchev–Trinajstić information content (AvgIpc) is 2.68. The first kappa shape index (κ1) is 19.8. The van der Waals surface area contributed by atoms with E-state index in [0.717, 1.165) is 11.1 Å². The van der Waals surface area contributed by atoms with E-state index >= 15 is 0 Å². The van der Waals surface area contributed by atoms with Gasteiger partial charge in [-0.3, -0.25) is 4.79 Å². The van der Waals surface area contributed by atoms with E-state index in [1.807, 2.05) is 54.6 Å². The molecular weight excluding hydrogens is 372 g/mol. The monoisotopic (exact) mass is 394 g/mol. The molecule has 28 heavy (non-hydrogen) atoms. The number of carbonyl (C=O) groups excluding carboxylic acids is 1. The number of rotatable bonds is 6. The van der Waals surface area contributed by atoms with Crippen molar-refractivity contribution in [2.45, 2.75) is 24.8 Å². The zero-order valence-electron chi connectivity index (χ0n) is 15.7. The second kappa shape index (κ2) is 8.37. The molecule has 0 aliphatic rings. The lowest BCUT2D eigenvalue weighted by molar-refractivity contribution is 0.102. The molecule has 0 fully saturated rings. The smallest absolute Gasteiger partial charge is 0.255 e. The topological polar surface area (TPSA) is 75.3 Å². The van der Waals surface area contributed by atoms with Gasteiger partial charge in [0.1, 0.15) is 0 Å². The average molecular weight is 394 g/mol.